The van der Waals surface area contributed by atoms with Crippen LogP contribution in [-0.2, 0) is 10.8 Å². The molecule has 0 unspecified atom stereocenters. The molecule has 14 aromatic carbocycles. The summed E-state index contributed by atoms with van der Waals surface area (Å²) in [5.74, 6) is 1.97. The largest absolute Gasteiger partial charge is 0.456 e. The van der Waals surface area contributed by atoms with Crippen LogP contribution in [0, 0.1) is 0 Å². The maximum atomic E-state index is 6.54. The molecule has 114 heavy (non-hydrogen) atoms. The summed E-state index contributed by atoms with van der Waals surface area (Å²) in [7, 11) is 0. The van der Waals surface area contributed by atoms with Crippen LogP contribution in [-0.4, -0.2) is 9.13 Å². The fourth-order valence-corrected chi connectivity index (χ4v) is 22.6. The SMILES string of the molecule is CC1(C)c2cc(C3CCCCC3)ccc2-c2ccc(N(c3ccc4c(c3)oc3ccccc34)c3ccc4c5ccc(C6CCCCC6)cc5n(-c5ccccc5)c4c3)cc21.CC1(C)c2ccccc2-c2ccc(N(c3ccc4c(c3)sc3ccccc34)c3ccc4c5ccc(C6CCCCC6)cc5n(-c5ccccc5)c4c3)cc21. The lowest BCUT2D eigenvalue weighted by Gasteiger charge is -2.28. The lowest BCUT2D eigenvalue weighted by molar-refractivity contribution is 0.443. The van der Waals surface area contributed by atoms with Gasteiger partial charge in [0.1, 0.15) is 11.2 Å². The van der Waals surface area contributed by atoms with Crippen molar-refractivity contribution in [3.63, 3.8) is 0 Å². The Hall–Kier alpha value is -11.7. The summed E-state index contributed by atoms with van der Waals surface area (Å²) in [6, 6.07) is 113. The number of anilines is 6. The van der Waals surface area contributed by atoms with E-state index in [0.717, 1.165) is 44.7 Å². The second-order valence-corrected chi connectivity index (χ2v) is 35.7. The zero-order valence-corrected chi connectivity index (χ0v) is 66.6. The summed E-state index contributed by atoms with van der Waals surface area (Å²) >= 11 is 1.88. The third-order valence-electron chi connectivity index (χ3n) is 27.3. The third kappa shape index (κ3) is 11.4. The number of rotatable bonds is 11. The standard InChI is InChI=1S/C57H52N2O.C51H42N2S/c1-57(2)51-32-39(37-14-6-3-7-15-37)22-27-45(51)46-29-24-42(34-52(46)57)58(44-26-31-50-49-20-12-13-21-55(49)60-56(50)36-44)43-25-30-48-47-28-23-40(38-16-8-4-9-17-38)33-53(47)59(54(48)35-43)41-18-10-5-11-19-41;1-51(2)45-19-11-9-17-39(45)40-26-22-36(30-46(40)51)52(38-24-28-44-43-18-10-12-20-49(43)54-50(44)32-38)37-23-27-42-41-25-21-34(33-13-5-3-6-14-33)29-47(41)53(48(42)31-37)35-15-7-4-8-16-35/h5,10-13,18-38H,3-4,6-9,14-17H2,1-2H3;4,7-12,15-33H,3,5-6,13-14H2,1-2H3. The Morgan fingerprint density at radius 2 is 0.632 bits per heavy atom. The molecule has 0 saturated heterocycles. The molecule has 0 spiro atoms. The first-order valence-corrected chi connectivity index (χ1v) is 43.1. The van der Waals surface area contributed by atoms with Crippen LogP contribution in [0.3, 0.4) is 0 Å². The predicted octanol–water partition coefficient (Wildman–Crippen LogP) is 31.5. The van der Waals surface area contributed by atoms with Gasteiger partial charge >= 0.3 is 0 Å². The first-order chi connectivity index (χ1) is 56.0. The van der Waals surface area contributed by atoms with E-state index in [1.54, 1.807) is 0 Å². The molecule has 3 saturated carbocycles. The molecule has 5 aliphatic rings. The van der Waals surface area contributed by atoms with Crippen molar-refractivity contribution in [2.24, 2.45) is 0 Å². The minimum absolute atomic E-state index is 0.0945. The van der Waals surface area contributed by atoms with Crippen LogP contribution in [0.5, 0.6) is 0 Å². The smallest absolute Gasteiger partial charge is 0.137 e. The Bertz CT molecular complexity index is 6820. The van der Waals surface area contributed by atoms with Crippen molar-refractivity contribution in [3.05, 3.63) is 336 Å². The molecule has 4 aromatic heterocycles. The van der Waals surface area contributed by atoms with Gasteiger partial charge < -0.3 is 23.4 Å². The molecule has 18 aromatic rings. The topological polar surface area (TPSA) is 29.5 Å². The van der Waals surface area contributed by atoms with Crippen LogP contribution < -0.4 is 9.80 Å². The highest BCUT2D eigenvalue weighted by Gasteiger charge is 2.39. The van der Waals surface area contributed by atoms with E-state index in [2.05, 4.69) is 344 Å². The van der Waals surface area contributed by atoms with Crippen molar-refractivity contribution in [1.82, 2.24) is 9.13 Å². The van der Waals surface area contributed by atoms with Crippen LogP contribution >= 0.6 is 11.3 Å². The highest BCUT2D eigenvalue weighted by atomic mass is 32.1. The van der Waals surface area contributed by atoms with E-state index in [1.165, 1.54) is 244 Å². The number of nitrogens with zero attached hydrogens (tertiary/aromatic N) is 4. The van der Waals surface area contributed by atoms with Gasteiger partial charge in [0.15, 0.2) is 0 Å². The van der Waals surface area contributed by atoms with Crippen LogP contribution in [0.2, 0.25) is 0 Å². The van der Waals surface area contributed by atoms with Crippen molar-refractivity contribution in [3.8, 4) is 33.6 Å². The summed E-state index contributed by atoms with van der Waals surface area (Å²) in [5.41, 5.74) is 31.5. The average molecular weight is 1500 g/mol. The molecule has 558 valence electrons. The Balaban J connectivity index is 0.000000140. The van der Waals surface area contributed by atoms with Gasteiger partial charge in [0.2, 0.25) is 0 Å². The number of para-hydroxylation sites is 3. The van der Waals surface area contributed by atoms with E-state index in [-0.39, 0.29) is 10.8 Å². The number of aromatic nitrogens is 2. The molecule has 0 bridgehead atoms. The summed E-state index contributed by atoms with van der Waals surface area (Å²) in [4.78, 5) is 4.95. The quantitative estimate of drug-likeness (QED) is 0.129. The third-order valence-corrected chi connectivity index (χ3v) is 28.5. The molecule has 0 aliphatic heterocycles. The van der Waals surface area contributed by atoms with Crippen LogP contribution in [0.1, 0.15) is 181 Å². The normalized spacial score (nSPS) is 16.1. The highest BCUT2D eigenvalue weighted by Crippen LogP contribution is 2.55. The zero-order chi connectivity index (χ0) is 75.9. The number of furan rings is 1. The zero-order valence-electron chi connectivity index (χ0n) is 65.7. The van der Waals surface area contributed by atoms with Crippen molar-refractivity contribution in [2.45, 2.75) is 153 Å². The second kappa shape index (κ2) is 27.6. The molecule has 0 amide bonds. The van der Waals surface area contributed by atoms with E-state index in [9.17, 15) is 0 Å². The average Bonchev–Trinajstić information content (AvgIpc) is 1.57. The van der Waals surface area contributed by atoms with E-state index in [1.807, 2.05) is 11.3 Å². The fourth-order valence-electron chi connectivity index (χ4n) is 21.4. The van der Waals surface area contributed by atoms with Gasteiger partial charge in [-0.2, -0.15) is 0 Å². The molecule has 5 nitrogen and oxygen atoms in total. The Morgan fingerprint density at radius 3 is 1.18 bits per heavy atom. The molecule has 23 rings (SSSR count). The van der Waals surface area contributed by atoms with Gasteiger partial charge in [-0.05, 0) is 239 Å². The summed E-state index contributed by atoms with van der Waals surface area (Å²) in [6.45, 7) is 9.62. The van der Waals surface area contributed by atoms with Gasteiger partial charge in [0.25, 0.3) is 0 Å². The van der Waals surface area contributed by atoms with Gasteiger partial charge in [-0.3, -0.25) is 0 Å². The van der Waals surface area contributed by atoms with Crippen LogP contribution in [0.15, 0.2) is 302 Å². The Labute approximate surface area is 672 Å². The highest BCUT2D eigenvalue weighted by molar-refractivity contribution is 7.25. The van der Waals surface area contributed by atoms with Crippen molar-refractivity contribution in [1.29, 1.82) is 0 Å². The van der Waals surface area contributed by atoms with Crippen molar-refractivity contribution in [2.75, 3.05) is 9.80 Å². The minimum atomic E-state index is -0.126. The van der Waals surface area contributed by atoms with Gasteiger partial charge in [0.05, 0.1) is 22.1 Å². The fraction of sp³-hybridized carbons (Fsp3) is 0.222. The van der Waals surface area contributed by atoms with Gasteiger partial charge in [-0.15, -0.1) is 11.3 Å². The molecule has 6 heteroatoms. The predicted molar refractivity (Wildman–Crippen MR) is 484 cm³/mol. The molecule has 5 aliphatic carbocycles. The van der Waals surface area contributed by atoms with Gasteiger partial charge in [0, 0.05) is 115 Å². The van der Waals surface area contributed by atoms with Crippen molar-refractivity contribution < 1.29 is 4.42 Å². The number of hydrogen-bond acceptors (Lipinski definition) is 4. The maximum absolute atomic E-state index is 6.54. The Kier molecular flexibility index (Phi) is 16.7. The summed E-state index contributed by atoms with van der Waals surface area (Å²) < 4.78 is 14.2. The molecule has 0 N–H and O–H groups in total. The van der Waals surface area contributed by atoms with E-state index >= 15 is 0 Å². The number of fused-ring (bicyclic) bond motifs is 18. The first-order valence-electron chi connectivity index (χ1n) is 42.3. The van der Waals surface area contributed by atoms with Crippen LogP contribution in [0.4, 0.5) is 34.1 Å². The van der Waals surface area contributed by atoms with Gasteiger partial charge in [-0.25, -0.2) is 0 Å². The molecule has 4 heterocycles. The number of hydrogen-bond donors (Lipinski definition) is 0. The van der Waals surface area contributed by atoms with E-state index < -0.39 is 0 Å². The maximum Gasteiger partial charge on any atom is 0.137 e. The molecule has 0 atom stereocenters. The molecule has 0 radical (unpaired) electrons. The first kappa shape index (κ1) is 69.1. The number of thiophene rings is 1. The van der Waals surface area contributed by atoms with Crippen LogP contribution in [0.25, 0.3) is 119 Å². The van der Waals surface area contributed by atoms with Gasteiger partial charge in [-0.1, -0.05) is 255 Å². The van der Waals surface area contributed by atoms with E-state index in [0.29, 0.717) is 17.8 Å². The van der Waals surface area contributed by atoms with Crippen molar-refractivity contribution >= 4 is 131 Å². The lowest BCUT2D eigenvalue weighted by Crippen LogP contribution is -2.17. The second-order valence-electron chi connectivity index (χ2n) is 34.6. The minimum Gasteiger partial charge on any atom is -0.456 e. The Morgan fingerprint density at radius 1 is 0.272 bits per heavy atom. The molecule has 3 fully saturated rings. The number of benzene rings is 14. The monoisotopic (exact) mass is 1490 g/mol. The summed E-state index contributed by atoms with van der Waals surface area (Å²) in [5, 5.41) is 10.1. The molecular formula is C108H94N4OS. The summed E-state index contributed by atoms with van der Waals surface area (Å²) in [6.07, 6.45) is 19.9. The van der Waals surface area contributed by atoms with E-state index in [4.69, 9.17) is 4.42 Å². The lowest BCUT2D eigenvalue weighted by atomic mass is 9.79. The molecular weight excluding hydrogens is 1400 g/mol.